The van der Waals surface area contributed by atoms with Crippen molar-refractivity contribution >= 4 is 15.9 Å². The fourth-order valence-electron chi connectivity index (χ4n) is 2.06. The van der Waals surface area contributed by atoms with Gasteiger partial charge in [0.2, 0.25) is 0 Å². The Morgan fingerprint density at radius 3 is 2.81 bits per heavy atom. The first kappa shape index (κ1) is 10.1. The molecule has 2 aromatic rings. The highest BCUT2D eigenvalue weighted by Gasteiger charge is 2.27. The summed E-state index contributed by atoms with van der Waals surface area (Å²) in [6, 6.07) is 8.46. The van der Waals surface area contributed by atoms with E-state index in [0.717, 1.165) is 10.4 Å². The minimum Gasteiger partial charge on any atom is -0.237 e. The SMILES string of the molecule is Cc1cc(Br)ccc1-n1nccc1C1CC1. The van der Waals surface area contributed by atoms with E-state index in [1.54, 1.807) is 0 Å². The number of rotatable bonds is 2. The lowest BCUT2D eigenvalue weighted by atomic mass is 10.2. The zero-order valence-electron chi connectivity index (χ0n) is 9.15. The van der Waals surface area contributed by atoms with Crippen LogP contribution < -0.4 is 0 Å². The smallest absolute Gasteiger partial charge is 0.0678 e. The van der Waals surface area contributed by atoms with Gasteiger partial charge in [-0.25, -0.2) is 4.68 Å². The molecule has 82 valence electrons. The van der Waals surface area contributed by atoms with Gasteiger partial charge in [0, 0.05) is 22.3 Å². The lowest BCUT2D eigenvalue weighted by molar-refractivity contribution is 0.803. The third kappa shape index (κ3) is 1.69. The summed E-state index contributed by atoms with van der Waals surface area (Å²) in [6.45, 7) is 2.12. The average molecular weight is 277 g/mol. The van der Waals surface area contributed by atoms with E-state index in [4.69, 9.17) is 0 Å². The molecule has 3 heteroatoms. The highest BCUT2D eigenvalue weighted by atomic mass is 79.9. The summed E-state index contributed by atoms with van der Waals surface area (Å²) in [5, 5.41) is 4.44. The summed E-state index contributed by atoms with van der Waals surface area (Å²) >= 11 is 3.49. The zero-order valence-corrected chi connectivity index (χ0v) is 10.7. The van der Waals surface area contributed by atoms with Gasteiger partial charge in [-0.3, -0.25) is 0 Å². The van der Waals surface area contributed by atoms with E-state index in [1.807, 2.05) is 6.20 Å². The van der Waals surface area contributed by atoms with Gasteiger partial charge in [-0.15, -0.1) is 0 Å². The predicted molar refractivity (Wildman–Crippen MR) is 68.0 cm³/mol. The molecular formula is C13H13BrN2. The van der Waals surface area contributed by atoms with Gasteiger partial charge in [0.05, 0.1) is 5.69 Å². The number of hydrogen-bond donors (Lipinski definition) is 0. The molecule has 0 atom stereocenters. The number of benzene rings is 1. The van der Waals surface area contributed by atoms with Gasteiger partial charge in [-0.2, -0.15) is 5.10 Å². The Kier molecular flexibility index (Phi) is 2.36. The third-order valence-corrected chi connectivity index (χ3v) is 3.55. The van der Waals surface area contributed by atoms with Gasteiger partial charge in [0.1, 0.15) is 0 Å². The van der Waals surface area contributed by atoms with Crippen LogP contribution in [-0.4, -0.2) is 9.78 Å². The molecule has 0 amide bonds. The van der Waals surface area contributed by atoms with E-state index in [1.165, 1.54) is 29.8 Å². The van der Waals surface area contributed by atoms with Crippen molar-refractivity contribution in [1.29, 1.82) is 0 Å². The van der Waals surface area contributed by atoms with E-state index in [2.05, 4.69) is 56.9 Å². The number of aromatic nitrogens is 2. The highest BCUT2D eigenvalue weighted by molar-refractivity contribution is 9.10. The third-order valence-electron chi connectivity index (χ3n) is 3.05. The Balaban J connectivity index is 2.10. The first-order valence-corrected chi connectivity index (χ1v) is 6.35. The summed E-state index contributed by atoms with van der Waals surface area (Å²) in [6.07, 6.45) is 4.51. The first-order chi connectivity index (χ1) is 7.75. The molecule has 0 bridgehead atoms. The summed E-state index contributed by atoms with van der Waals surface area (Å²) in [4.78, 5) is 0. The molecule has 16 heavy (non-hydrogen) atoms. The molecular weight excluding hydrogens is 264 g/mol. The fraction of sp³-hybridized carbons (Fsp3) is 0.308. The van der Waals surface area contributed by atoms with E-state index < -0.39 is 0 Å². The van der Waals surface area contributed by atoms with E-state index >= 15 is 0 Å². The van der Waals surface area contributed by atoms with Gasteiger partial charge >= 0.3 is 0 Å². The molecule has 1 aliphatic rings. The second-order valence-electron chi connectivity index (χ2n) is 4.37. The second kappa shape index (κ2) is 3.74. The first-order valence-electron chi connectivity index (χ1n) is 5.56. The molecule has 1 aromatic heterocycles. The van der Waals surface area contributed by atoms with E-state index in [0.29, 0.717) is 0 Å². The standard InChI is InChI=1S/C13H13BrN2/c1-9-8-11(14)4-5-12(9)16-13(6-7-15-16)10-2-3-10/h4-8,10H,2-3H2,1H3. The summed E-state index contributed by atoms with van der Waals surface area (Å²) < 4.78 is 3.20. The molecule has 2 nitrogen and oxygen atoms in total. The molecule has 3 rings (SSSR count). The van der Waals surface area contributed by atoms with Crippen molar-refractivity contribution in [3.05, 3.63) is 46.2 Å². The monoisotopic (exact) mass is 276 g/mol. The Hall–Kier alpha value is -1.09. The Morgan fingerprint density at radius 1 is 1.31 bits per heavy atom. The zero-order chi connectivity index (χ0) is 11.1. The van der Waals surface area contributed by atoms with Crippen molar-refractivity contribution in [2.45, 2.75) is 25.7 Å². The lowest BCUT2D eigenvalue weighted by Crippen LogP contribution is -2.02. The molecule has 0 spiro atoms. The van der Waals surface area contributed by atoms with Crippen molar-refractivity contribution in [2.24, 2.45) is 0 Å². The average Bonchev–Trinajstić information content (AvgIpc) is 2.98. The summed E-state index contributed by atoms with van der Waals surface area (Å²) in [5.41, 5.74) is 3.79. The number of aryl methyl sites for hydroxylation is 1. The van der Waals surface area contributed by atoms with Crippen LogP contribution >= 0.6 is 15.9 Å². The predicted octanol–water partition coefficient (Wildman–Crippen LogP) is 3.82. The molecule has 1 saturated carbocycles. The Labute approximate surface area is 103 Å². The Morgan fingerprint density at radius 2 is 2.12 bits per heavy atom. The van der Waals surface area contributed by atoms with Crippen LogP contribution in [0.5, 0.6) is 0 Å². The van der Waals surface area contributed by atoms with Crippen LogP contribution in [-0.2, 0) is 0 Å². The summed E-state index contributed by atoms with van der Waals surface area (Å²) in [7, 11) is 0. The Bertz CT molecular complexity index is 526. The number of hydrogen-bond acceptors (Lipinski definition) is 1. The van der Waals surface area contributed by atoms with Crippen LogP contribution in [0.4, 0.5) is 0 Å². The van der Waals surface area contributed by atoms with Crippen molar-refractivity contribution in [3.8, 4) is 5.69 Å². The van der Waals surface area contributed by atoms with Crippen LogP contribution in [0.1, 0.15) is 30.0 Å². The molecule has 1 fully saturated rings. The van der Waals surface area contributed by atoms with Gasteiger partial charge in [0.25, 0.3) is 0 Å². The highest BCUT2D eigenvalue weighted by Crippen LogP contribution is 2.40. The maximum atomic E-state index is 4.44. The topological polar surface area (TPSA) is 17.8 Å². The van der Waals surface area contributed by atoms with E-state index in [-0.39, 0.29) is 0 Å². The molecule has 0 saturated heterocycles. The van der Waals surface area contributed by atoms with Crippen LogP contribution in [0.25, 0.3) is 5.69 Å². The van der Waals surface area contributed by atoms with Gasteiger partial charge in [-0.1, -0.05) is 15.9 Å². The second-order valence-corrected chi connectivity index (χ2v) is 5.29. The van der Waals surface area contributed by atoms with Crippen molar-refractivity contribution in [1.82, 2.24) is 9.78 Å². The van der Waals surface area contributed by atoms with Gasteiger partial charge < -0.3 is 0 Å². The largest absolute Gasteiger partial charge is 0.237 e. The minimum absolute atomic E-state index is 0.727. The quantitative estimate of drug-likeness (QED) is 0.816. The molecule has 1 aromatic carbocycles. The molecule has 0 N–H and O–H groups in total. The molecule has 0 radical (unpaired) electrons. The fourth-order valence-corrected chi connectivity index (χ4v) is 2.54. The van der Waals surface area contributed by atoms with Gasteiger partial charge in [0.15, 0.2) is 0 Å². The van der Waals surface area contributed by atoms with Crippen LogP contribution in [0, 0.1) is 6.92 Å². The minimum atomic E-state index is 0.727. The van der Waals surface area contributed by atoms with E-state index in [9.17, 15) is 0 Å². The molecule has 1 heterocycles. The van der Waals surface area contributed by atoms with Crippen molar-refractivity contribution < 1.29 is 0 Å². The molecule has 0 unspecified atom stereocenters. The normalized spacial score (nSPS) is 15.4. The van der Waals surface area contributed by atoms with Crippen LogP contribution in [0.2, 0.25) is 0 Å². The maximum Gasteiger partial charge on any atom is 0.0678 e. The number of nitrogens with zero attached hydrogens (tertiary/aromatic N) is 2. The maximum absolute atomic E-state index is 4.44. The van der Waals surface area contributed by atoms with Gasteiger partial charge in [-0.05, 0) is 49.6 Å². The lowest BCUT2D eigenvalue weighted by Gasteiger charge is -2.10. The van der Waals surface area contributed by atoms with Crippen LogP contribution in [0.3, 0.4) is 0 Å². The van der Waals surface area contributed by atoms with Crippen LogP contribution in [0.15, 0.2) is 34.9 Å². The van der Waals surface area contributed by atoms with Crippen molar-refractivity contribution in [2.75, 3.05) is 0 Å². The molecule has 0 aliphatic heterocycles. The number of halogens is 1. The van der Waals surface area contributed by atoms with Crippen molar-refractivity contribution in [3.63, 3.8) is 0 Å². The molecule has 1 aliphatic carbocycles. The summed E-state index contributed by atoms with van der Waals surface area (Å²) in [5.74, 6) is 0.727.